The van der Waals surface area contributed by atoms with Crippen LogP contribution >= 0.6 is 7.58 Å². The van der Waals surface area contributed by atoms with Crippen LogP contribution < -0.4 is 11.4 Å². The zero-order valence-corrected chi connectivity index (χ0v) is 11.3. The fourth-order valence-electron chi connectivity index (χ4n) is 1.82. The Balaban J connectivity index is 2.21. The highest BCUT2D eigenvalue weighted by Gasteiger charge is 2.44. The molecule has 0 unspecified atom stereocenters. The van der Waals surface area contributed by atoms with Crippen molar-refractivity contribution < 1.29 is 19.5 Å². The van der Waals surface area contributed by atoms with Crippen molar-refractivity contribution in [2.24, 2.45) is 0 Å². The molecule has 19 heavy (non-hydrogen) atoms. The van der Waals surface area contributed by atoms with Crippen molar-refractivity contribution in [3.05, 3.63) is 22.7 Å². The summed E-state index contributed by atoms with van der Waals surface area (Å²) in [5.41, 5.74) is 4.70. The van der Waals surface area contributed by atoms with E-state index >= 15 is 0 Å². The molecule has 0 aromatic carbocycles. The van der Waals surface area contributed by atoms with E-state index in [0.29, 0.717) is 0 Å². The highest BCUT2D eigenvalue weighted by molar-refractivity contribution is 7.94. The maximum Gasteiger partial charge on any atom is 0.351 e. The summed E-state index contributed by atoms with van der Waals surface area (Å²) in [4.78, 5) is 15.2. The largest absolute Gasteiger partial charge is 0.387 e. The van der Waals surface area contributed by atoms with Gasteiger partial charge in [0.2, 0.25) is 0 Å². The van der Waals surface area contributed by atoms with E-state index in [-0.39, 0.29) is 20.0 Å². The third kappa shape index (κ3) is 2.97. The molecule has 1 aliphatic heterocycles. The summed E-state index contributed by atoms with van der Waals surface area (Å²) < 4.78 is 11.4. The Morgan fingerprint density at radius 1 is 1.58 bits per heavy atom. The van der Waals surface area contributed by atoms with Gasteiger partial charge < -0.3 is 25.2 Å². The number of aromatic nitrogens is 2. The molecule has 0 saturated carbocycles. The van der Waals surface area contributed by atoms with Crippen LogP contribution in [0, 0.1) is 0 Å². The SMILES string of the molecule is Nc1ccn([C@@H]2O[C@H](COP=S)[C@@H](O)[C@H]2O)c(=O)n1. The second-order valence-electron chi connectivity index (χ2n) is 3.96. The summed E-state index contributed by atoms with van der Waals surface area (Å²) in [6.07, 6.45) is -2.89. The first-order chi connectivity index (χ1) is 9.04. The lowest BCUT2D eigenvalue weighted by Crippen LogP contribution is -2.36. The van der Waals surface area contributed by atoms with Gasteiger partial charge >= 0.3 is 5.69 Å². The molecule has 0 radical (unpaired) electrons. The summed E-state index contributed by atoms with van der Waals surface area (Å²) >= 11 is 4.58. The van der Waals surface area contributed by atoms with Crippen LogP contribution in [0.1, 0.15) is 6.23 Å². The number of anilines is 1. The number of hydrogen-bond acceptors (Lipinski definition) is 8. The minimum atomic E-state index is -1.27. The van der Waals surface area contributed by atoms with E-state index in [2.05, 4.69) is 16.8 Å². The number of aliphatic hydroxyl groups excluding tert-OH is 2. The van der Waals surface area contributed by atoms with Crippen molar-refractivity contribution in [3.8, 4) is 0 Å². The number of nitrogens with zero attached hydrogens (tertiary/aromatic N) is 2. The quantitative estimate of drug-likeness (QED) is 0.592. The van der Waals surface area contributed by atoms with Crippen molar-refractivity contribution in [3.63, 3.8) is 0 Å². The average molecular weight is 305 g/mol. The van der Waals surface area contributed by atoms with Crippen LogP contribution in [0.2, 0.25) is 0 Å². The maximum atomic E-state index is 11.6. The Morgan fingerprint density at radius 3 is 2.95 bits per heavy atom. The molecule has 10 heteroatoms. The molecule has 1 aromatic heterocycles. The Kier molecular flexibility index (Phi) is 4.56. The van der Waals surface area contributed by atoms with Crippen LogP contribution in [-0.2, 0) is 21.1 Å². The molecule has 1 aromatic rings. The lowest BCUT2D eigenvalue weighted by molar-refractivity contribution is -0.0498. The molecule has 2 heterocycles. The van der Waals surface area contributed by atoms with Gasteiger partial charge in [-0.05, 0) is 17.9 Å². The van der Waals surface area contributed by atoms with E-state index in [4.69, 9.17) is 15.0 Å². The fraction of sp³-hybridized carbons (Fsp3) is 0.556. The van der Waals surface area contributed by atoms with Crippen LogP contribution in [0.4, 0.5) is 5.82 Å². The van der Waals surface area contributed by atoms with Crippen molar-refractivity contribution in [2.45, 2.75) is 24.5 Å². The van der Waals surface area contributed by atoms with E-state index in [1.165, 1.54) is 12.3 Å². The van der Waals surface area contributed by atoms with Crippen LogP contribution in [0.25, 0.3) is 0 Å². The Bertz CT molecular complexity index is 527. The topological polar surface area (TPSA) is 120 Å². The molecule has 1 aliphatic rings. The van der Waals surface area contributed by atoms with Gasteiger partial charge in [0.05, 0.1) is 6.61 Å². The lowest BCUT2D eigenvalue weighted by atomic mass is 10.1. The third-order valence-electron chi connectivity index (χ3n) is 2.75. The molecule has 8 nitrogen and oxygen atoms in total. The van der Waals surface area contributed by atoms with E-state index in [9.17, 15) is 15.0 Å². The van der Waals surface area contributed by atoms with E-state index in [0.717, 1.165) is 4.57 Å². The fourth-order valence-corrected chi connectivity index (χ4v) is 2.21. The van der Waals surface area contributed by atoms with E-state index < -0.39 is 30.2 Å². The normalized spacial score (nSPS) is 30.8. The van der Waals surface area contributed by atoms with Gasteiger partial charge in [-0.3, -0.25) is 4.57 Å². The van der Waals surface area contributed by atoms with Crippen molar-refractivity contribution in [1.29, 1.82) is 0 Å². The Hall–Kier alpha value is -0.960. The predicted molar refractivity (Wildman–Crippen MR) is 69.1 cm³/mol. The van der Waals surface area contributed by atoms with Crippen LogP contribution in [0.3, 0.4) is 0 Å². The van der Waals surface area contributed by atoms with Crippen molar-refractivity contribution in [2.75, 3.05) is 12.3 Å². The molecule has 0 aliphatic carbocycles. The molecule has 4 N–H and O–H groups in total. The van der Waals surface area contributed by atoms with Crippen LogP contribution in [0.15, 0.2) is 17.1 Å². The van der Waals surface area contributed by atoms with Gasteiger partial charge in [0.25, 0.3) is 0 Å². The number of aliphatic hydroxyl groups is 2. The van der Waals surface area contributed by atoms with Crippen LogP contribution in [0.5, 0.6) is 0 Å². The minimum Gasteiger partial charge on any atom is -0.387 e. The molecule has 0 spiro atoms. The highest BCUT2D eigenvalue weighted by Crippen LogP contribution is 2.29. The zero-order valence-electron chi connectivity index (χ0n) is 9.62. The standard InChI is InChI=1S/C9H12N3O5PS/c10-5-1-2-12(9(15)11-5)8-7(14)6(13)4(17-8)3-16-18-19/h1-2,4,6-8,13-14H,3H2,(H2,10,11,15)/t4-,6-,7-,8-/m1/s1. The molecular formula is C9H12N3O5PS. The molecule has 0 bridgehead atoms. The Labute approximate surface area is 114 Å². The first kappa shape index (κ1) is 14.4. The number of rotatable bonds is 4. The van der Waals surface area contributed by atoms with Gasteiger partial charge in [0.15, 0.2) is 6.23 Å². The number of nitrogen functional groups attached to an aromatic ring is 1. The van der Waals surface area contributed by atoms with E-state index in [1.807, 2.05) is 0 Å². The second-order valence-corrected chi connectivity index (χ2v) is 4.81. The molecule has 0 amide bonds. The summed E-state index contributed by atoms with van der Waals surface area (Å²) in [7, 11) is 0.271. The van der Waals surface area contributed by atoms with E-state index in [1.54, 1.807) is 0 Å². The third-order valence-corrected chi connectivity index (χ3v) is 3.33. The van der Waals surface area contributed by atoms with Crippen molar-refractivity contribution in [1.82, 2.24) is 9.55 Å². The number of hydrogen-bond donors (Lipinski definition) is 3. The minimum absolute atomic E-state index is 0.0247. The average Bonchev–Trinajstić information content (AvgIpc) is 2.64. The molecule has 104 valence electrons. The number of nitrogens with two attached hydrogens (primary N) is 1. The molecular weight excluding hydrogens is 293 g/mol. The summed E-state index contributed by atoms with van der Waals surface area (Å²) in [6.45, 7) is 0.0247. The van der Waals surface area contributed by atoms with Gasteiger partial charge in [-0.1, -0.05) is 0 Å². The Morgan fingerprint density at radius 2 is 2.32 bits per heavy atom. The van der Waals surface area contributed by atoms with Crippen molar-refractivity contribution >= 4 is 25.2 Å². The first-order valence-corrected chi connectivity index (χ1v) is 7.18. The monoisotopic (exact) mass is 305 g/mol. The van der Waals surface area contributed by atoms with Crippen LogP contribution in [-0.4, -0.2) is 44.7 Å². The molecule has 2 rings (SSSR count). The van der Waals surface area contributed by atoms with Gasteiger partial charge in [-0.2, -0.15) is 4.98 Å². The molecule has 4 atom stereocenters. The summed E-state index contributed by atoms with van der Waals surface area (Å²) in [5, 5.41) is 19.7. The van der Waals surface area contributed by atoms with Gasteiger partial charge in [0.1, 0.15) is 31.7 Å². The number of ether oxygens (including phenoxy) is 1. The first-order valence-electron chi connectivity index (χ1n) is 5.35. The zero-order chi connectivity index (χ0) is 14.0. The lowest BCUT2D eigenvalue weighted by Gasteiger charge is -2.16. The maximum absolute atomic E-state index is 11.6. The highest BCUT2D eigenvalue weighted by atomic mass is 32.4. The molecule has 1 saturated heterocycles. The second kappa shape index (κ2) is 6.00. The summed E-state index contributed by atoms with van der Waals surface area (Å²) in [5.74, 6) is 0.0686. The van der Waals surface area contributed by atoms with Gasteiger partial charge in [-0.15, -0.1) is 0 Å². The predicted octanol–water partition coefficient (Wildman–Crippen LogP) is -1.22. The van der Waals surface area contributed by atoms with Gasteiger partial charge in [0, 0.05) is 6.20 Å². The summed E-state index contributed by atoms with van der Waals surface area (Å²) in [6, 6.07) is 1.40. The smallest absolute Gasteiger partial charge is 0.351 e. The molecule has 1 fully saturated rings. The van der Waals surface area contributed by atoms with Gasteiger partial charge in [-0.25, -0.2) is 4.79 Å².